The fourth-order valence-corrected chi connectivity index (χ4v) is 3.61. The Labute approximate surface area is 159 Å². The molecular formula is C21H26N2O4. The number of carbonyl (C=O) groups excluding carboxylic acids is 1. The third-order valence-electron chi connectivity index (χ3n) is 5.17. The van der Waals surface area contributed by atoms with E-state index in [9.17, 15) is 15.0 Å². The fraction of sp³-hybridized carbons (Fsp3) is 0.381. The summed E-state index contributed by atoms with van der Waals surface area (Å²) >= 11 is 0. The number of phenolic OH excluding ortho intramolecular Hbond substituents is 1. The van der Waals surface area contributed by atoms with E-state index in [2.05, 4.69) is 22.8 Å². The number of aliphatic hydroxyl groups excluding tert-OH is 1. The van der Waals surface area contributed by atoms with Gasteiger partial charge < -0.3 is 25.6 Å². The van der Waals surface area contributed by atoms with E-state index in [1.54, 1.807) is 19.2 Å². The van der Waals surface area contributed by atoms with Crippen LogP contribution in [0.4, 0.5) is 5.69 Å². The Bertz CT molecular complexity index is 763. The second-order valence-corrected chi connectivity index (χ2v) is 6.92. The Morgan fingerprint density at radius 2 is 2.04 bits per heavy atom. The lowest BCUT2D eigenvalue weighted by Gasteiger charge is -2.21. The van der Waals surface area contributed by atoms with Crippen LogP contribution in [0.15, 0.2) is 42.5 Å². The monoisotopic (exact) mass is 370 g/mol. The van der Waals surface area contributed by atoms with Gasteiger partial charge in [-0.2, -0.15) is 0 Å². The van der Waals surface area contributed by atoms with Gasteiger partial charge in [-0.15, -0.1) is 0 Å². The number of rotatable bonds is 8. The molecule has 3 atom stereocenters. The third kappa shape index (κ3) is 4.78. The molecule has 1 aliphatic heterocycles. The van der Waals surface area contributed by atoms with E-state index in [4.69, 9.17) is 4.74 Å². The van der Waals surface area contributed by atoms with Crippen molar-refractivity contribution in [3.05, 3.63) is 53.6 Å². The van der Waals surface area contributed by atoms with Gasteiger partial charge >= 0.3 is 0 Å². The maximum atomic E-state index is 10.7. The van der Waals surface area contributed by atoms with Crippen LogP contribution in [-0.4, -0.2) is 35.8 Å². The van der Waals surface area contributed by atoms with E-state index in [0.717, 1.165) is 31.4 Å². The van der Waals surface area contributed by atoms with E-state index >= 15 is 0 Å². The fourth-order valence-electron chi connectivity index (χ4n) is 3.61. The molecule has 27 heavy (non-hydrogen) atoms. The van der Waals surface area contributed by atoms with Crippen molar-refractivity contribution in [1.29, 1.82) is 0 Å². The number of ether oxygens (including phenoxy) is 1. The van der Waals surface area contributed by atoms with Crippen LogP contribution < -0.4 is 15.4 Å². The Morgan fingerprint density at radius 3 is 2.74 bits per heavy atom. The maximum absolute atomic E-state index is 10.7. The molecule has 4 N–H and O–H groups in total. The zero-order valence-corrected chi connectivity index (χ0v) is 15.4. The number of methoxy groups -OCH3 is 1. The number of carbonyl (C=O) groups is 1. The van der Waals surface area contributed by atoms with Crippen LogP contribution >= 0.6 is 0 Å². The van der Waals surface area contributed by atoms with E-state index in [1.165, 1.54) is 11.6 Å². The summed E-state index contributed by atoms with van der Waals surface area (Å²) in [5.74, 6) is 0.841. The van der Waals surface area contributed by atoms with Crippen molar-refractivity contribution in [3.63, 3.8) is 0 Å². The molecule has 1 saturated heterocycles. The standard InChI is InChI=1S/C21H26N2O4/c1-27-17-8-3-14(4-9-17)2-6-16-7-10-18(23-16)21(26)15-5-11-20(25)19(12-15)22-13-24/h3-5,8-9,11-13,16,18,21,23,25-26H,2,6-7,10H2,1H3,(H,22,24). The second kappa shape index (κ2) is 8.88. The average molecular weight is 370 g/mol. The van der Waals surface area contributed by atoms with Gasteiger partial charge in [0.05, 0.1) is 18.9 Å². The van der Waals surface area contributed by atoms with Crippen molar-refractivity contribution in [2.75, 3.05) is 12.4 Å². The number of aliphatic hydroxyl groups is 1. The molecule has 0 aliphatic carbocycles. The molecule has 2 aromatic rings. The first kappa shape index (κ1) is 19.2. The summed E-state index contributed by atoms with van der Waals surface area (Å²) in [7, 11) is 1.66. The maximum Gasteiger partial charge on any atom is 0.211 e. The first-order valence-electron chi connectivity index (χ1n) is 9.21. The molecule has 1 fully saturated rings. The molecule has 0 bridgehead atoms. The van der Waals surface area contributed by atoms with Gasteiger partial charge in [-0.05, 0) is 61.1 Å². The van der Waals surface area contributed by atoms with E-state index in [-0.39, 0.29) is 11.8 Å². The van der Waals surface area contributed by atoms with Crippen molar-refractivity contribution in [1.82, 2.24) is 5.32 Å². The minimum atomic E-state index is -0.691. The first-order chi connectivity index (χ1) is 13.1. The van der Waals surface area contributed by atoms with Crippen molar-refractivity contribution in [3.8, 4) is 11.5 Å². The second-order valence-electron chi connectivity index (χ2n) is 6.92. The number of benzene rings is 2. The molecule has 0 aromatic heterocycles. The lowest BCUT2D eigenvalue weighted by Crippen LogP contribution is -2.34. The van der Waals surface area contributed by atoms with Gasteiger partial charge in [0.15, 0.2) is 0 Å². The van der Waals surface area contributed by atoms with Gasteiger partial charge in [0.2, 0.25) is 6.41 Å². The summed E-state index contributed by atoms with van der Waals surface area (Å²) in [6, 6.07) is 13.2. The van der Waals surface area contributed by atoms with Gasteiger partial charge in [-0.3, -0.25) is 4.79 Å². The van der Waals surface area contributed by atoms with Crippen molar-refractivity contribution in [2.24, 2.45) is 0 Å². The van der Waals surface area contributed by atoms with Crippen LogP contribution in [0.3, 0.4) is 0 Å². The Kier molecular flexibility index (Phi) is 6.32. The highest BCUT2D eigenvalue weighted by Crippen LogP contribution is 2.31. The summed E-state index contributed by atoms with van der Waals surface area (Å²) < 4.78 is 5.18. The zero-order valence-electron chi connectivity index (χ0n) is 15.4. The van der Waals surface area contributed by atoms with E-state index in [0.29, 0.717) is 23.7 Å². The molecule has 2 aromatic carbocycles. The molecule has 3 rings (SSSR count). The normalized spacial score (nSPS) is 20.2. The lowest BCUT2D eigenvalue weighted by molar-refractivity contribution is -0.105. The zero-order chi connectivity index (χ0) is 19.2. The summed E-state index contributed by atoms with van der Waals surface area (Å²) in [6.07, 6.45) is 3.68. The van der Waals surface area contributed by atoms with Gasteiger partial charge in [0.25, 0.3) is 0 Å². The van der Waals surface area contributed by atoms with Gasteiger partial charge in [0, 0.05) is 12.1 Å². The minimum absolute atomic E-state index is 0.0187. The van der Waals surface area contributed by atoms with Crippen molar-refractivity contribution >= 4 is 12.1 Å². The molecule has 1 amide bonds. The molecule has 6 nitrogen and oxygen atoms in total. The molecule has 3 unspecified atom stereocenters. The summed E-state index contributed by atoms with van der Waals surface area (Å²) in [4.78, 5) is 10.6. The lowest BCUT2D eigenvalue weighted by atomic mass is 10.00. The Hall–Kier alpha value is -2.57. The highest BCUT2D eigenvalue weighted by Gasteiger charge is 2.30. The average Bonchev–Trinajstić information content (AvgIpc) is 3.17. The van der Waals surface area contributed by atoms with E-state index < -0.39 is 6.10 Å². The quantitative estimate of drug-likeness (QED) is 0.424. The molecule has 6 heteroatoms. The van der Waals surface area contributed by atoms with Gasteiger partial charge in [0.1, 0.15) is 11.5 Å². The number of hydrogen-bond acceptors (Lipinski definition) is 5. The number of nitrogens with one attached hydrogen (secondary N) is 2. The molecule has 0 radical (unpaired) electrons. The topological polar surface area (TPSA) is 90.8 Å². The Balaban J connectivity index is 1.55. The number of hydrogen-bond donors (Lipinski definition) is 4. The molecular weight excluding hydrogens is 344 g/mol. The summed E-state index contributed by atoms with van der Waals surface area (Å²) in [5.41, 5.74) is 2.24. The summed E-state index contributed by atoms with van der Waals surface area (Å²) in [5, 5.41) is 26.4. The van der Waals surface area contributed by atoms with Crippen molar-refractivity contribution in [2.45, 2.75) is 43.9 Å². The summed E-state index contributed by atoms with van der Waals surface area (Å²) in [6.45, 7) is 0. The van der Waals surface area contributed by atoms with E-state index in [1.807, 2.05) is 12.1 Å². The van der Waals surface area contributed by atoms with Crippen LogP contribution in [0.25, 0.3) is 0 Å². The molecule has 144 valence electrons. The predicted molar refractivity (Wildman–Crippen MR) is 104 cm³/mol. The van der Waals surface area contributed by atoms with Crippen LogP contribution in [0.5, 0.6) is 11.5 Å². The highest BCUT2D eigenvalue weighted by atomic mass is 16.5. The minimum Gasteiger partial charge on any atom is -0.506 e. The number of aryl methyl sites for hydroxylation is 1. The molecule has 1 heterocycles. The van der Waals surface area contributed by atoms with Crippen molar-refractivity contribution < 1.29 is 19.7 Å². The van der Waals surface area contributed by atoms with Crippen LogP contribution in [0.2, 0.25) is 0 Å². The molecule has 1 aliphatic rings. The third-order valence-corrected chi connectivity index (χ3v) is 5.17. The number of amides is 1. The van der Waals surface area contributed by atoms with Gasteiger partial charge in [-0.1, -0.05) is 18.2 Å². The largest absolute Gasteiger partial charge is 0.506 e. The first-order valence-corrected chi connectivity index (χ1v) is 9.21. The Morgan fingerprint density at radius 1 is 1.26 bits per heavy atom. The van der Waals surface area contributed by atoms with Crippen LogP contribution in [-0.2, 0) is 11.2 Å². The highest BCUT2D eigenvalue weighted by molar-refractivity contribution is 5.75. The predicted octanol–water partition coefficient (Wildman–Crippen LogP) is 2.76. The van der Waals surface area contributed by atoms with Gasteiger partial charge in [-0.25, -0.2) is 0 Å². The number of phenols is 1. The molecule has 0 spiro atoms. The molecule has 0 saturated carbocycles. The number of anilines is 1. The van der Waals surface area contributed by atoms with Crippen LogP contribution in [0.1, 0.15) is 36.5 Å². The smallest absolute Gasteiger partial charge is 0.211 e. The SMILES string of the molecule is COc1ccc(CCC2CCC(C(O)c3ccc(O)c(NC=O)c3)N2)cc1. The number of aromatic hydroxyl groups is 1. The van der Waals surface area contributed by atoms with Crippen LogP contribution in [0, 0.1) is 0 Å².